The van der Waals surface area contributed by atoms with Crippen molar-refractivity contribution >= 4 is 17.7 Å². The van der Waals surface area contributed by atoms with Gasteiger partial charge in [-0.15, -0.1) is 10.2 Å². The molecular weight excluding hydrogens is 328 g/mol. The number of rotatable bonds is 6. The normalized spacial score (nSPS) is 13.5. The topological polar surface area (TPSA) is 92.3 Å². The van der Waals surface area contributed by atoms with E-state index >= 15 is 0 Å². The van der Waals surface area contributed by atoms with E-state index in [1.807, 2.05) is 29.7 Å². The molecule has 24 heavy (non-hydrogen) atoms. The molecule has 0 spiro atoms. The van der Waals surface area contributed by atoms with Gasteiger partial charge < -0.3 is 19.8 Å². The lowest BCUT2D eigenvalue weighted by atomic mass is 10.1. The van der Waals surface area contributed by atoms with Gasteiger partial charge in [0.2, 0.25) is 5.91 Å². The molecular formula is C16H20N4O3S. The lowest BCUT2D eigenvalue weighted by molar-refractivity contribution is -0.115. The van der Waals surface area contributed by atoms with Crippen LogP contribution in [0.1, 0.15) is 24.7 Å². The van der Waals surface area contributed by atoms with E-state index in [4.69, 9.17) is 15.2 Å². The molecule has 0 aliphatic carbocycles. The first-order valence-corrected chi connectivity index (χ1v) is 8.87. The number of thioether (sulfide) groups is 1. The van der Waals surface area contributed by atoms with E-state index in [0.717, 1.165) is 35.9 Å². The fourth-order valence-corrected chi connectivity index (χ4v) is 3.27. The number of carbonyl (C=O) groups excluding carboxylic acids is 1. The third-order valence-corrected chi connectivity index (χ3v) is 4.62. The van der Waals surface area contributed by atoms with Crippen LogP contribution in [0.25, 0.3) is 0 Å². The van der Waals surface area contributed by atoms with Crippen LogP contribution in [0.3, 0.4) is 0 Å². The Kier molecular flexibility index (Phi) is 5.24. The van der Waals surface area contributed by atoms with Gasteiger partial charge in [0.25, 0.3) is 0 Å². The SMILES string of the molecule is CCn1c(Cc2ccc3c(c2)OCCCO3)nnc1SCC(N)=O. The summed E-state index contributed by atoms with van der Waals surface area (Å²) >= 11 is 1.31. The Balaban J connectivity index is 1.78. The number of benzene rings is 1. The first-order chi connectivity index (χ1) is 11.7. The van der Waals surface area contributed by atoms with Gasteiger partial charge in [-0.05, 0) is 24.6 Å². The van der Waals surface area contributed by atoms with Crippen molar-refractivity contribution in [2.75, 3.05) is 19.0 Å². The van der Waals surface area contributed by atoms with Crippen LogP contribution in [0.4, 0.5) is 0 Å². The summed E-state index contributed by atoms with van der Waals surface area (Å²) in [6, 6.07) is 5.94. The molecule has 1 aromatic carbocycles. The first kappa shape index (κ1) is 16.6. The number of carbonyl (C=O) groups is 1. The number of hydrogen-bond acceptors (Lipinski definition) is 6. The number of nitrogens with zero attached hydrogens (tertiary/aromatic N) is 3. The zero-order chi connectivity index (χ0) is 16.9. The summed E-state index contributed by atoms with van der Waals surface area (Å²) in [5.74, 6) is 2.23. The van der Waals surface area contributed by atoms with Crippen LogP contribution in [0.5, 0.6) is 11.5 Å². The summed E-state index contributed by atoms with van der Waals surface area (Å²) in [7, 11) is 0. The van der Waals surface area contributed by atoms with Crippen LogP contribution in [0.15, 0.2) is 23.4 Å². The molecule has 0 fully saturated rings. The number of primary amides is 1. The fourth-order valence-electron chi connectivity index (χ4n) is 2.51. The molecule has 2 aromatic rings. The van der Waals surface area contributed by atoms with Crippen LogP contribution < -0.4 is 15.2 Å². The van der Waals surface area contributed by atoms with E-state index in [2.05, 4.69) is 10.2 Å². The van der Waals surface area contributed by atoms with Gasteiger partial charge >= 0.3 is 0 Å². The third kappa shape index (κ3) is 3.81. The van der Waals surface area contributed by atoms with Crippen molar-refractivity contribution in [2.45, 2.75) is 31.5 Å². The number of aromatic nitrogens is 3. The summed E-state index contributed by atoms with van der Waals surface area (Å²) < 4.78 is 13.4. The highest BCUT2D eigenvalue weighted by atomic mass is 32.2. The molecule has 1 aromatic heterocycles. The van der Waals surface area contributed by atoms with Crippen molar-refractivity contribution in [1.82, 2.24) is 14.8 Å². The maximum absolute atomic E-state index is 11.0. The predicted molar refractivity (Wildman–Crippen MR) is 90.5 cm³/mol. The fraction of sp³-hybridized carbons (Fsp3) is 0.438. The van der Waals surface area contributed by atoms with Gasteiger partial charge in [-0.3, -0.25) is 4.79 Å². The highest BCUT2D eigenvalue weighted by molar-refractivity contribution is 7.99. The van der Waals surface area contributed by atoms with Crippen LogP contribution in [0, 0.1) is 0 Å². The zero-order valence-electron chi connectivity index (χ0n) is 13.5. The quantitative estimate of drug-likeness (QED) is 0.798. The molecule has 1 aliphatic rings. The van der Waals surface area contributed by atoms with Crippen LogP contribution in [-0.2, 0) is 17.8 Å². The van der Waals surface area contributed by atoms with Crippen molar-refractivity contribution in [1.29, 1.82) is 0 Å². The Morgan fingerprint density at radius 1 is 1.29 bits per heavy atom. The van der Waals surface area contributed by atoms with Gasteiger partial charge in [-0.25, -0.2) is 0 Å². The van der Waals surface area contributed by atoms with Crippen LogP contribution in [-0.4, -0.2) is 39.6 Å². The lowest BCUT2D eigenvalue weighted by Crippen LogP contribution is -2.14. The van der Waals surface area contributed by atoms with E-state index in [9.17, 15) is 4.79 Å². The Labute approximate surface area is 144 Å². The van der Waals surface area contributed by atoms with Crippen molar-refractivity contribution in [3.63, 3.8) is 0 Å². The second-order valence-corrected chi connectivity index (χ2v) is 6.35. The minimum absolute atomic E-state index is 0.197. The molecule has 7 nitrogen and oxygen atoms in total. The average molecular weight is 348 g/mol. The lowest BCUT2D eigenvalue weighted by Gasteiger charge is -2.10. The van der Waals surface area contributed by atoms with Gasteiger partial charge in [0, 0.05) is 19.4 Å². The zero-order valence-corrected chi connectivity index (χ0v) is 14.3. The van der Waals surface area contributed by atoms with E-state index < -0.39 is 0 Å². The predicted octanol–water partition coefficient (Wildman–Crippen LogP) is 1.63. The third-order valence-electron chi connectivity index (χ3n) is 3.63. The molecule has 8 heteroatoms. The molecule has 0 saturated carbocycles. The van der Waals surface area contributed by atoms with Crippen molar-refractivity contribution in [3.8, 4) is 11.5 Å². The number of amides is 1. The second-order valence-electron chi connectivity index (χ2n) is 5.41. The highest BCUT2D eigenvalue weighted by Crippen LogP contribution is 2.31. The average Bonchev–Trinajstić information content (AvgIpc) is 2.79. The van der Waals surface area contributed by atoms with Crippen molar-refractivity contribution in [2.24, 2.45) is 5.73 Å². The van der Waals surface area contributed by atoms with Crippen LogP contribution in [0.2, 0.25) is 0 Å². The van der Waals surface area contributed by atoms with E-state index in [0.29, 0.717) is 24.8 Å². The summed E-state index contributed by atoms with van der Waals surface area (Å²) in [5, 5.41) is 9.14. The molecule has 0 radical (unpaired) electrons. The largest absolute Gasteiger partial charge is 0.490 e. The molecule has 0 bridgehead atoms. The first-order valence-electron chi connectivity index (χ1n) is 7.89. The summed E-state index contributed by atoms with van der Waals surface area (Å²) in [4.78, 5) is 11.0. The monoisotopic (exact) mass is 348 g/mol. The molecule has 128 valence electrons. The van der Waals surface area contributed by atoms with Crippen molar-refractivity contribution in [3.05, 3.63) is 29.6 Å². The number of nitrogens with two attached hydrogens (primary N) is 1. The molecule has 1 amide bonds. The Morgan fingerprint density at radius 2 is 2.08 bits per heavy atom. The Bertz CT molecular complexity index is 732. The molecule has 0 saturated heterocycles. The number of fused-ring (bicyclic) bond motifs is 1. The molecule has 3 rings (SSSR count). The van der Waals surface area contributed by atoms with Crippen molar-refractivity contribution < 1.29 is 14.3 Å². The molecule has 2 N–H and O–H groups in total. The molecule has 2 heterocycles. The smallest absolute Gasteiger partial charge is 0.227 e. The molecule has 0 unspecified atom stereocenters. The minimum atomic E-state index is -0.366. The maximum Gasteiger partial charge on any atom is 0.227 e. The second kappa shape index (κ2) is 7.57. The minimum Gasteiger partial charge on any atom is -0.490 e. The summed E-state index contributed by atoms with van der Waals surface area (Å²) in [6.45, 7) is 4.09. The highest BCUT2D eigenvalue weighted by Gasteiger charge is 2.15. The van der Waals surface area contributed by atoms with Gasteiger partial charge in [-0.2, -0.15) is 0 Å². The number of hydrogen-bond donors (Lipinski definition) is 1. The van der Waals surface area contributed by atoms with Gasteiger partial charge in [0.15, 0.2) is 16.7 Å². The van der Waals surface area contributed by atoms with E-state index in [1.54, 1.807) is 0 Å². The molecule has 1 aliphatic heterocycles. The Hall–Kier alpha value is -2.22. The molecule has 0 atom stereocenters. The number of ether oxygens (including phenoxy) is 2. The van der Waals surface area contributed by atoms with Crippen LogP contribution >= 0.6 is 11.8 Å². The maximum atomic E-state index is 11.0. The van der Waals surface area contributed by atoms with E-state index in [1.165, 1.54) is 11.8 Å². The van der Waals surface area contributed by atoms with Gasteiger partial charge in [0.1, 0.15) is 5.82 Å². The van der Waals surface area contributed by atoms with E-state index in [-0.39, 0.29) is 11.7 Å². The Morgan fingerprint density at radius 3 is 2.83 bits per heavy atom. The summed E-state index contributed by atoms with van der Waals surface area (Å²) in [6.07, 6.45) is 1.52. The van der Waals surface area contributed by atoms with Gasteiger partial charge in [0.05, 0.1) is 19.0 Å². The summed E-state index contributed by atoms with van der Waals surface area (Å²) in [5.41, 5.74) is 6.27. The van der Waals surface area contributed by atoms with Gasteiger partial charge in [-0.1, -0.05) is 17.8 Å². The standard InChI is InChI=1S/C16H20N4O3S/c1-2-20-15(18-19-16(20)24-10-14(17)21)9-11-4-5-12-13(8-11)23-7-3-6-22-12/h4-5,8H,2-3,6-7,9-10H2,1H3,(H2,17,21).